The van der Waals surface area contributed by atoms with Gasteiger partial charge >= 0.3 is 5.97 Å². The molecule has 0 aliphatic heterocycles. The number of hydrogen-bond donors (Lipinski definition) is 2. The van der Waals surface area contributed by atoms with E-state index in [1.807, 2.05) is 54.6 Å². The molecule has 0 radical (unpaired) electrons. The predicted octanol–water partition coefficient (Wildman–Crippen LogP) is 5.56. The van der Waals surface area contributed by atoms with E-state index in [2.05, 4.69) is 21.2 Å². The van der Waals surface area contributed by atoms with Crippen LogP contribution in [0.15, 0.2) is 77.3 Å². The number of carboxylic acids is 1. The number of halogens is 1. The van der Waals surface area contributed by atoms with Gasteiger partial charge in [0.25, 0.3) is 0 Å². The van der Waals surface area contributed by atoms with Gasteiger partial charge in [-0.1, -0.05) is 64.5 Å². The molecular weight excluding hydrogens is 354 g/mol. The summed E-state index contributed by atoms with van der Waals surface area (Å²) in [6.45, 7) is 0. The van der Waals surface area contributed by atoms with Crippen LogP contribution in [-0.4, -0.2) is 11.1 Å². The molecule has 2 N–H and O–H groups in total. The molecule has 3 rings (SSSR count). The number of aromatic carboxylic acids is 1. The molecule has 0 aliphatic carbocycles. The molecule has 0 atom stereocenters. The number of carbonyl (C=O) groups is 1. The Morgan fingerprint density at radius 3 is 2.22 bits per heavy atom. The Labute approximate surface area is 142 Å². The average molecular weight is 368 g/mol. The highest BCUT2D eigenvalue weighted by atomic mass is 79.9. The molecule has 0 aromatic heterocycles. The van der Waals surface area contributed by atoms with Gasteiger partial charge in [-0.3, -0.25) is 0 Å². The quantitative estimate of drug-likeness (QED) is 0.634. The smallest absolute Gasteiger partial charge is 0.337 e. The summed E-state index contributed by atoms with van der Waals surface area (Å²) in [7, 11) is 0. The summed E-state index contributed by atoms with van der Waals surface area (Å²) < 4.78 is 0.946. The first kappa shape index (κ1) is 15.3. The Balaban J connectivity index is 2.09. The van der Waals surface area contributed by atoms with Gasteiger partial charge in [0.2, 0.25) is 0 Å². The Hall–Kier alpha value is -2.59. The number of para-hydroxylation sites is 1. The molecule has 0 unspecified atom stereocenters. The highest BCUT2D eigenvalue weighted by Gasteiger charge is 2.13. The van der Waals surface area contributed by atoms with Crippen molar-refractivity contribution in [1.29, 1.82) is 0 Å². The zero-order chi connectivity index (χ0) is 16.2. The summed E-state index contributed by atoms with van der Waals surface area (Å²) in [5, 5.41) is 12.6. The second-order valence-corrected chi connectivity index (χ2v) is 5.86. The molecule has 0 amide bonds. The fourth-order valence-corrected chi connectivity index (χ4v) is 3.05. The third-order valence-corrected chi connectivity index (χ3v) is 4.16. The van der Waals surface area contributed by atoms with Crippen molar-refractivity contribution in [2.24, 2.45) is 0 Å². The van der Waals surface area contributed by atoms with Crippen LogP contribution in [0.3, 0.4) is 0 Å². The molecule has 0 fully saturated rings. The summed E-state index contributed by atoms with van der Waals surface area (Å²) in [6.07, 6.45) is 0. The molecule has 0 heterocycles. The van der Waals surface area contributed by atoms with Crippen molar-refractivity contribution in [3.05, 3.63) is 82.8 Å². The minimum absolute atomic E-state index is 0.242. The molecule has 0 bridgehead atoms. The molecule has 23 heavy (non-hydrogen) atoms. The Morgan fingerprint density at radius 2 is 1.48 bits per heavy atom. The topological polar surface area (TPSA) is 49.3 Å². The van der Waals surface area contributed by atoms with Gasteiger partial charge < -0.3 is 10.4 Å². The maximum Gasteiger partial charge on any atom is 0.337 e. The zero-order valence-corrected chi connectivity index (χ0v) is 13.7. The SMILES string of the molecule is O=C(O)c1ccccc1Nc1cccc(Br)c1-c1ccccc1. The maximum absolute atomic E-state index is 11.4. The largest absolute Gasteiger partial charge is 0.478 e. The van der Waals surface area contributed by atoms with Crippen LogP contribution in [0.5, 0.6) is 0 Å². The van der Waals surface area contributed by atoms with E-state index in [0.29, 0.717) is 5.69 Å². The lowest BCUT2D eigenvalue weighted by Crippen LogP contribution is -2.03. The fourth-order valence-electron chi connectivity index (χ4n) is 2.45. The molecule has 3 nitrogen and oxygen atoms in total. The predicted molar refractivity (Wildman–Crippen MR) is 96.3 cm³/mol. The molecule has 3 aromatic rings. The van der Waals surface area contributed by atoms with Crippen LogP contribution >= 0.6 is 15.9 Å². The molecule has 4 heteroatoms. The highest BCUT2D eigenvalue weighted by Crippen LogP contribution is 2.37. The van der Waals surface area contributed by atoms with Crippen LogP contribution in [0, 0.1) is 0 Å². The van der Waals surface area contributed by atoms with E-state index in [0.717, 1.165) is 21.3 Å². The first-order valence-electron chi connectivity index (χ1n) is 7.10. The monoisotopic (exact) mass is 367 g/mol. The normalized spacial score (nSPS) is 10.3. The molecule has 0 saturated heterocycles. The van der Waals surface area contributed by atoms with E-state index in [1.54, 1.807) is 18.2 Å². The number of hydrogen-bond acceptors (Lipinski definition) is 2. The fraction of sp³-hybridized carbons (Fsp3) is 0. The zero-order valence-electron chi connectivity index (χ0n) is 12.2. The van der Waals surface area contributed by atoms with Gasteiger partial charge in [-0.2, -0.15) is 0 Å². The van der Waals surface area contributed by atoms with Gasteiger partial charge in [-0.15, -0.1) is 0 Å². The summed E-state index contributed by atoms with van der Waals surface area (Å²) in [5.41, 5.74) is 3.70. The van der Waals surface area contributed by atoms with Crippen molar-refractivity contribution in [2.45, 2.75) is 0 Å². The van der Waals surface area contributed by atoms with Gasteiger partial charge in [-0.05, 0) is 29.8 Å². The Kier molecular flexibility index (Phi) is 4.44. The molecule has 0 saturated carbocycles. The van der Waals surface area contributed by atoms with E-state index < -0.39 is 5.97 Å². The van der Waals surface area contributed by atoms with Crippen molar-refractivity contribution in [1.82, 2.24) is 0 Å². The summed E-state index contributed by atoms with van der Waals surface area (Å²) in [5.74, 6) is -0.954. The van der Waals surface area contributed by atoms with Gasteiger partial charge in [0.15, 0.2) is 0 Å². The Morgan fingerprint density at radius 1 is 0.826 bits per heavy atom. The molecule has 0 aliphatic rings. The number of nitrogens with one attached hydrogen (secondary N) is 1. The van der Waals surface area contributed by atoms with Crippen molar-refractivity contribution in [3.63, 3.8) is 0 Å². The van der Waals surface area contributed by atoms with Gasteiger partial charge in [-0.25, -0.2) is 4.79 Å². The number of benzene rings is 3. The summed E-state index contributed by atoms with van der Waals surface area (Å²) >= 11 is 3.59. The van der Waals surface area contributed by atoms with Crippen LogP contribution in [0.2, 0.25) is 0 Å². The van der Waals surface area contributed by atoms with E-state index >= 15 is 0 Å². The standard InChI is InChI=1S/C19H14BrNO2/c20-15-10-6-12-17(18(15)13-7-2-1-3-8-13)21-16-11-5-4-9-14(16)19(22)23/h1-12,21H,(H,22,23). The molecule has 0 spiro atoms. The second-order valence-electron chi connectivity index (χ2n) is 5.00. The highest BCUT2D eigenvalue weighted by molar-refractivity contribution is 9.10. The Bertz CT molecular complexity index is 847. The lowest BCUT2D eigenvalue weighted by atomic mass is 10.0. The first-order valence-corrected chi connectivity index (χ1v) is 7.89. The average Bonchev–Trinajstić information content (AvgIpc) is 2.56. The second kappa shape index (κ2) is 6.67. The summed E-state index contributed by atoms with van der Waals surface area (Å²) in [6, 6.07) is 22.7. The van der Waals surface area contributed by atoms with Crippen molar-refractivity contribution < 1.29 is 9.90 Å². The van der Waals surface area contributed by atoms with Crippen molar-refractivity contribution >= 4 is 33.3 Å². The van der Waals surface area contributed by atoms with Gasteiger partial charge in [0, 0.05) is 15.7 Å². The molecule has 3 aromatic carbocycles. The van der Waals surface area contributed by atoms with Crippen LogP contribution in [0.25, 0.3) is 11.1 Å². The number of rotatable bonds is 4. The molecule has 114 valence electrons. The van der Waals surface area contributed by atoms with Crippen molar-refractivity contribution in [2.75, 3.05) is 5.32 Å². The third kappa shape index (κ3) is 3.27. The molecular formula is C19H14BrNO2. The third-order valence-electron chi connectivity index (χ3n) is 3.50. The van der Waals surface area contributed by atoms with Gasteiger partial charge in [0.05, 0.1) is 11.3 Å². The lowest BCUT2D eigenvalue weighted by Gasteiger charge is -2.15. The van der Waals surface area contributed by atoms with Crippen LogP contribution in [-0.2, 0) is 0 Å². The number of anilines is 2. The summed E-state index contributed by atoms with van der Waals surface area (Å²) in [4.78, 5) is 11.4. The van der Waals surface area contributed by atoms with Crippen LogP contribution in [0.4, 0.5) is 11.4 Å². The first-order chi connectivity index (χ1) is 11.2. The van der Waals surface area contributed by atoms with E-state index in [4.69, 9.17) is 0 Å². The lowest BCUT2D eigenvalue weighted by molar-refractivity contribution is 0.0698. The van der Waals surface area contributed by atoms with Gasteiger partial charge in [0.1, 0.15) is 0 Å². The minimum Gasteiger partial charge on any atom is -0.478 e. The van der Waals surface area contributed by atoms with Crippen molar-refractivity contribution in [3.8, 4) is 11.1 Å². The van der Waals surface area contributed by atoms with Crippen LogP contribution in [0.1, 0.15) is 10.4 Å². The van der Waals surface area contributed by atoms with E-state index in [9.17, 15) is 9.90 Å². The van der Waals surface area contributed by atoms with Crippen LogP contribution < -0.4 is 5.32 Å². The number of carboxylic acid groups (broad SMARTS) is 1. The van der Waals surface area contributed by atoms with E-state index in [-0.39, 0.29) is 5.56 Å². The van der Waals surface area contributed by atoms with E-state index in [1.165, 1.54) is 0 Å². The maximum atomic E-state index is 11.4. The minimum atomic E-state index is -0.954.